The molecule has 0 amide bonds. The minimum Gasteiger partial charge on any atom is -0.488 e. The average Bonchev–Trinajstić information content (AvgIpc) is 2.24. The van der Waals surface area contributed by atoms with Gasteiger partial charge in [0, 0.05) is 6.42 Å². The average molecular weight is 239 g/mol. The second kappa shape index (κ2) is 6.33. The summed E-state index contributed by atoms with van der Waals surface area (Å²) >= 11 is 6.05. The number of ether oxygens (including phenoxy) is 1. The number of aryl methyl sites for hydroxylation is 1. The molecule has 0 saturated carbocycles. The van der Waals surface area contributed by atoms with Gasteiger partial charge < -0.3 is 9.53 Å². The van der Waals surface area contributed by atoms with Crippen molar-refractivity contribution in [2.75, 3.05) is 6.61 Å². The number of aldehydes is 1. The Balaban J connectivity index is 2.67. The number of carbonyl (C=O) groups is 1. The summed E-state index contributed by atoms with van der Waals surface area (Å²) in [6.45, 7) is 6.11. The van der Waals surface area contributed by atoms with Crippen molar-refractivity contribution in [3.63, 3.8) is 0 Å². The fraction of sp³-hybridized carbons (Fsp3) is 0.308. The minimum atomic E-state index is 0.466. The first-order valence-electron chi connectivity index (χ1n) is 5.12. The minimum absolute atomic E-state index is 0.466. The summed E-state index contributed by atoms with van der Waals surface area (Å²) in [6, 6.07) is 5.58. The smallest absolute Gasteiger partial charge is 0.138 e. The van der Waals surface area contributed by atoms with Gasteiger partial charge in [-0.15, -0.1) is 0 Å². The molecule has 0 aliphatic heterocycles. The SMILES string of the molecule is C=C(C)COc1ccc(CCC=O)cc1Cl. The van der Waals surface area contributed by atoms with E-state index in [-0.39, 0.29) is 0 Å². The third-order valence-corrected chi connectivity index (χ3v) is 2.32. The zero-order chi connectivity index (χ0) is 12.0. The highest BCUT2D eigenvalue weighted by atomic mass is 35.5. The molecule has 0 aromatic heterocycles. The highest BCUT2D eigenvalue weighted by Gasteiger charge is 2.03. The Kier molecular flexibility index (Phi) is 5.06. The van der Waals surface area contributed by atoms with E-state index in [9.17, 15) is 4.79 Å². The molecule has 16 heavy (non-hydrogen) atoms. The van der Waals surface area contributed by atoms with Crippen molar-refractivity contribution in [3.05, 3.63) is 40.9 Å². The molecule has 0 heterocycles. The van der Waals surface area contributed by atoms with E-state index in [1.807, 2.05) is 25.1 Å². The summed E-state index contributed by atoms with van der Waals surface area (Å²) < 4.78 is 5.46. The van der Waals surface area contributed by atoms with Crippen LogP contribution in [0, 0.1) is 0 Å². The summed E-state index contributed by atoms with van der Waals surface area (Å²) in [5.41, 5.74) is 1.99. The van der Waals surface area contributed by atoms with Crippen molar-refractivity contribution in [3.8, 4) is 5.75 Å². The van der Waals surface area contributed by atoms with Crippen molar-refractivity contribution >= 4 is 17.9 Å². The summed E-state index contributed by atoms with van der Waals surface area (Å²) in [6.07, 6.45) is 2.13. The maximum absolute atomic E-state index is 10.2. The Hall–Kier alpha value is -1.28. The highest BCUT2D eigenvalue weighted by Crippen LogP contribution is 2.26. The van der Waals surface area contributed by atoms with Crippen LogP contribution < -0.4 is 4.74 Å². The largest absolute Gasteiger partial charge is 0.488 e. The fourth-order valence-electron chi connectivity index (χ4n) is 1.24. The monoisotopic (exact) mass is 238 g/mol. The molecule has 0 bridgehead atoms. The molecule has 1 aromatic rings. The van der Waals surface area contributed by atoms with Gasteiger partial charge in [-0.25, -0.2) is 0 Å². The first-order valence-corrected chi connectivity index (χ1v) is 5.50. The van der Waals surface area contributed by atoms with Crippen LogP contribution in [-0.4, -0.2) is 12.9 Å². The van der Waals surface area contributed by atoms with Crippen LogP contribution in [-0.2, 0) is 11.2 Å². The quantitative estimate of drug-likeness (QED) is 0.561. The molecule has 0 atom stereocenters. The highest BCUT2D eigenvalue weighted by molar-refractivity contribution is 6.32. The predicted molar refractivity (Wildman–Crippen MR) is 66.1 cm³/mol. The Morgan fingerprint density at radius 1 is 1.56 bits per heavy atom. The lowest BCUT2D eigenvalue weighted by Crippen LogP contribution is -1.98. The van der Waals surface area contributed by atoms with Gasteiger partial charge in [0.2, 0.25) is 0 Å². The molecule has 2 nitrogen and oxygen atoms in total. The molecular formula is C13H15ClO2. The van der Waals surface area contributed by atoms with E-state index in [1.165, 1.54) is 0 Å². The molecule has 1 aromatic carbocycles. The Morgan fingerprint density at radius 2 is 2.31 bits per heavy atom. The molecule has 0 aliphatic rings. The molecule has 0 N–H and O–H groups in total. The molecular weight excluding hydrogens is 224 g/mol. The topological polar surface area (TPSA) is 26.3 Å². The maximum atomic E-state index is 10.2. The van der Waals surface area contributed by atoms with Crippen LogP contribution in [0.5, 0.6) is 5.75 Å². The van der Waals surface area contributed by atoms with E-state index in [1.54, 1.807) is 0 Å². The lowest BCUT2D eigenvalue weighted by Gasteiger charge is -2.08. The molecule has 3 heteroatoms. The number of benzene rings is 1. The van der Waals surface area contributed by atoms with Gasteiger partial charge in [0.1, 0.15) is 18.6 Å². The number of halogens is 1. The molecule has 86 valence electrons. The van der Waals surface area contributed by atoms with E-state index in [0.29, 0.717) is 30.2 Å². The van der Waals surface area contributed by atoms with Crippen LogP contribution in [0.1, 0.15) is 18.9 Å². The third-order valence-electron chi connectivity index (χ3n) is 2.02. The fourth-order valence-corrected chi connectivity index (χ4v) is 1.50. The van der Waals surface area contributed by atoms with Gasteiger partial charge in [0.25, 0.3) is 0 Å². The second-order valence-corrected chi connectivity index (χ2v) is 4.12. The van der Waals surface area contributed by atoms with Gasteiger partial charge in [-0.1, -0.05) is 24.2 Å². The van der Waals surface area contributed by atoms with E-state index in [4.69, 9.17) is 16.3 Å². The lowest BCUT2D eigenvalue weighted by atomic mass is 10.1. The van der Waals surface area contributed by atoms with Gasteiger partial charge in [0.05, 0.1) is 5.02 Å². The van der Waals surface area contributed by atoms with Crippen molar-refractivity contribution in [2.24, 2.45) is 0 Å². The molecule has 0 unspecified atom stereocenters. The summed E-state index contributed by atoms with van der Waals surface area (Å²) in [4.78, 5) is 10.2. The number of rotatable bonds is 6. The molecule has 0 fully saturated rings. The first kappa shape index (κ1) is 12.8. The van der Waals surface area contributed by atoms with Gasteiger partial charge >= 0.3 is 0 Å². The number of hydrogen-bond donors (Lipinski definition) is 0. The van der Waals surface area contributed by atoms with Gasteiger partial charge in [-0.05, 0) is 36.6 Å². The molecule has 0 saturated heterocycles. The van der Waals surface area contributed by atoms with Gasteiger partial charge in [-0.3, -0.25) is 0 Å². The molecule has 0 spiro atoms. The van der Waals surface area contributed by atoms with Gasteiger partial charge in [-0.2, -0.15) is 0 Å². The van der Waals surface area contributed by atoms with E-state index < -0.39 is 0 Å². The van der Waals surface area contributed by atoms with Crippen LogP contribution in [0.3, 0.4) is 0 Å². The van der Waals surface area contributed by atoms with Crippen LogP contribution in [0.2, 0.25) is 5.02 Å². The van der Waals surface area contributed by atoms with Crippen LogP contribution >= 0.6 is 11.6 Å². The molecule has 0 radical (unpaired) electrons. The summed E-state index contributed by atoms with van der Waals surface area (Å²) in [5.74, 6) is 0.652. The number of carbonyl (C=O) groups excluding carboxylic acids is 1. The standard InChI is InChI=1S/C13H15ClO2/c1-10(2)9-16-13-6-5-11(4-3-7-15)8-12(13)14/h5-8H,1,3-4,9H2,2H3. The van der Waals surface area contributed by atoms with E-state index in [2.05, 4.69) is 6.58 Å². The van der Waals surface area contributed by atoms with Crippen molar-refractivity contribution in [2.45, 2.75) is 19.8 Å². The Labute approximate surface area is 101 Å². The second-order valence-electron chi connectivity index (χ2n) is 3.72. The Bertz CT molecular complexity index is 386. The maximum Gasteiger partial charge on any atom is 0.138 e. The predicted octanol–water partition coefficient (Wildman–Crippen LogP) is 3.43. The molecule has 0 aliphatic carbocycles. The zero-order valence-corrected chi connectivity index (χ0v) is 10.1. The van der Waals surface area contributed by atoms with E-state index in [0.717, 1.165) is 17.4 Å². The van der Waals surface area contributed by atoms with E-state index >= 15 is 0 Å². The van der Waals surface area contributed by atoms with Gasteiger partial charge in [0.15, 0.2) is 0 Å². The van der Waals surface area contributed by atoms with Crippen LogP contribution in [0.15, 0.2) is 30.4 Å². The number of hydrogen-bond acceptors (Lipinski definition) is 2. The normalized spacial score (nSPS) is 9.88. The van der Waals surface area contributed by atoms with Crippen molar-refractivity contribution < 1.29 is 9.53 Å². The first-order chi connectivity index (χ1) is 7.63. The van der Waals surface area contributed by atoms with Crippen LogP contribution in [0.25, 0.3) is 0 Å². The summed E-state index contributed by atoms with van der Waals surface area (Å²) in [7, 11) is 0. The Morgan fingerprint density at radius 3 is 2.88 bits per heavy atom. The summed E-state index contributed by atoms with van der Waals surface area (Å²) in [5, 5.41) is 0.574. The lowest BCUT2D eigenvalue weighted by molar-refractivity contribution is -0.107. The van der Waals surface area contributed by atoms with Crippen molar-refractivity contribution in [1.29, 1.82) is 0 Å². The zero-order valence-electron chi connectivity index (χ0n) is 9.33. The van der Waals surface area contributed by atoms with Crippen LogP contribution in [0.4, 0.5) is 0 Å². The third kappa shape index (κ3) is 4.07. The molecule has 1 rings (SSSR count). The van der Waals surface area contributed by atoms with Crippen molar-refractivity contribution in [1.82, 2.24) is 0 Å².